The second kappa shape index (κ2) is 9.05. The monoisotopic (exact) mass is 463 g/mol. The number of nitrogens with zero attached hydrogens (tertiary/aromatic N) is 3. The topological polar surface area (TPSA) is 75.9 Å². The van der Waals surface area contributed by atoms with Crippen molar-refractivity contribution in [1.82, 2.24) is 9.88 Å². The Morgan fingerprint density at radius 3 is 2.76 bits per heavy atom. The Hall–Kier alpha value is -3.07. The first-order valence-electron chi connectivity index (χ1n) is 11.0. The van der Waals surface area contributed by atoms with Crippen LogP contribution in [0.5, 0.6) is 0 Å². The molecule has 1 aliphatic rings. The highest BCUT2D eigenvalue weighted by Gasteiger charge is 2.26. The van der Waals surface area contributed by atoms with Crippen LogP contribution in [0.4, 0.5) is 5.13 Å². The number of fused-ring (bicyclic) bond motifs is 2. The number of para-hydroxylation sites is 1. The van der Waals surface area contributed by atoms with Crippen molar-refractivity contribution in [3.05, 3.63) is 69.6 Å². The summed E-state index contributed by atoms with van der Waals surface area (Å²) in [5.74, 6) is -0.340. The van der Waals surface area contributed by atoms with Crippen LogP contribution in [0.15, 0.2) is 51.7 Å². The molecule has 0 saturated carbocycles. The normalized spacial score (nSPS) is 14.7. The van der Waals surface area contributed by atoms with E-state index in [0.717, 1.165) is 34.4 Å². The summed E-state index contributed by atoms with van der Waals surface area (Å²) in [6.07, 6.45) is 0. The maximum absolute atomic E-state index is 13.7. The van der Waals surface area contributed by atoms with Gasteiger partial charge in [-0.05, 0) is 43.2 Å². The quantitative estimate of drug-likeness (QED) is 0.445. The van der Waals surface area contributed by atoms with E-state index in [1.165, 1.54) is 17.4 Å². The van der Waals surface area contributed by atoms with Crippen molar-refractivity contribution >= 4 is 43.6 Å². The van der Waals surface area contributed by atoms with Gasteiger partial charge in [-0.15, -0.1) is 0 Å². The number of rotatable bonds is 5. The number of hydrogen-bond donors (Lipinski definition) is 0. The molecule has 5 rings (SSSR count). The van der Waals surface area contributed by atoms with Crippen LogP contribution in [-0.2, 0) is 4.74 Å². The van der Waals surface area contributed by atoms with Crippen LogP contribution in [-0.4, -0.2) is 55.2 Å². The first-order valence-corrected chi connectivity index (χ1v) is 11.8. The number of anilines is 1. The van der Waals surface area contributed by atoms with Crippen molar-refractivity contribution in [2.45, 2.75) is 13.8 Å². The minimum absolute atomic E-state index is 0.0211. The minimum Gasteiger partial charge on any atom is -0.451 e. The molecule has 1 aliphatic heterocycles. The predicted molar refractivity (Wildman–Crippen MR) is 131 cm³/mol. The lowest BCUT2D eigenvalue weighted by Crippen LogP contribution is -2.43. The van der Waals surface area contributed by atoms with Crippen LogP contribution in [0.3, 0.4) is 0 Å². The summed E-state index contributed by atoms with van der Waals surface area (Å²) in [6, 6.07) is 12.4. The Kier molecular flexibility index (Phi) is 5.97. The molecule has 170 valence electrons. The van der Waals surface area contributed by atoms with Gasteiger partial charge >= 0.3 is 0 Å². The van der Waals surface area contributed by atoms with Gasteiger partial charge in [0.2, 0.25) is 0 Å². The molecule has 2 aromatic carbocycles. The summed E-state index contributed by atoms with van der Waals surface area (Å²) in [6.45, 7) is 8.24. The standard InChI is InChI=1S/C25H25N3O4S/c1-16-7-8-22-23(17(16)2)26-25(33-22)28(10-9-27-11-13-31-14-12-27)24(30)21-15-19(29)18-5-3-4-6-20(18)32-21/h3-8,15H,9-14H2,1-2H3. The summed E-state index contributed by atoms with van der Waals surface area (Å²) < 4.78 is 12.3. The highest BCUT2D eigenvalue weighted by Crippen LogP contribution is 2.32. The number of aryl methyl sites for hydroxylation is 2. The Balaban J connectivity index is 1.54. The van der Waals surface area contributed by atoms with Gasteiger partial charge in [0, 0.05) is 32.2 Å². The van der Waals surface area contributed by atoms with E-state index in [1.54, 1.807) is 29.2 Å². The first kappa shape index (κ1) is 21.8. The lowest BCUT2D eigenvalue weighted by molar-refractivity contribution is 0.0390. The lowest BCUT2D eigenvalue weighted by atomic mass is 10.1. The smallest absolute Gasteiger partial charge is 0.295 e. The molecule has 1 amide bonds. The van der Waals surface area contributed by atoms with E-state index >= 15 is 0 Å². The third kappa shape index (κ3) is 4.29. The van der Waals surface area contributed by atoms with E-state index in [9.17, 15) is 9.59 Å². The number of carbonyl (C=O) groups excluding carboxylic acids is 1. The number of morpholine rings is 1. The van der Waals surface area contributed by atoms with Gasteiger partial charge in [0.1, 0.15) is 5.58 Å². The highest BCUT2D eigenvalue weighted by molar-refractivity contribution is 7.22. The van der Waals surface area contributed by atoms with Gasteiger partial charge in [-0.1, -0.05) is 29.5 Å². The van der Waals surface area contributed by atoms with Crippen LogP contribution in [0.2, 0.25) is 0 Å². The molecule has 2 aromatic heterocycles. The Labute approximate surface area is 195 Å². The highest BCUT2D eigenvalue weighted by atomic mass is 32.1. The van der Waals surface area contributed by atoms with Crippen molar-refractivity contribution in [3.63, 3.8) is 0 Å². The lowest BCUT2D eigenvalue weighted by Gasteiger charge is -2.29. The third-order valence-corrected chi connectivity index (χ3v) is 7.18. The average Bonchev–Trinajstić information content (AvgIpc) is 3.27. The van der Waals surface area contributed by atoms with Gasteiger partial charge in [-0.3, -0.25) is 19.4 Å². The molecule has 33 heavy (non-hydrogen) atoms. The van der Waals surface area contributed by atoms with Gasteiger partial charge in [0.25, 0.3) is 5.91 Å². The van der Waals surface area contributed by atoms with E-state index in [1.807, 2.05) is 13.0 Å². The molecule has 1 fully saturated rings. The Morgan fingerprint density at radius 1 is 1.15 bits per heavy atom. The van der Waals surface area contributed by atoms with E-state index in [4.69, 9.17) is 14.1 Å². The summed E-state index contributed by atoms with van der Waals surface area (Å²) in [5.41, 5.74) is 3.33. The molecule has 0 N–H and O–H groups in total. The van der Waals surface area contributed by atoms with E-state index in [2.05, 4.69) is 17.9 Å². The van der Waals surface area contributed by atoms with Crippen molar-refractivity contribution in [3.8, 4) is 0 Å². The van der Waals surface area contributed by atoms with Crippen molar-refractivity contribution in [1.29, 1.82) is 0 Å². The predicted octanol–water partition coefficient (Wildman–Crippen LogP) is 4.00. The second-order valence-corrected chi connectivity index (χ2v) is 9.24. The molecule has 0 unspecified atom stereocenters. The minimum atomic E-state index is -0.362. The van der Waals surface area contributed by atoms with Crippen LogP contribution < -0.4 is 10.3 Å². The van der Waals surface area contributed by atoms with Crippen molar-refractivity contribution < 1.29 is 13.9 Å². The largest absolute Gasteiger partial charge is 0.451 e. The molecular weight excluding hydrogens is 438 g/mol. The molecule has 0 aliphatic carbocycles. The van der Waals surface area contributed by atoms with Crippen LogP contribution in [0, 0.1) is 13.8 Å². The zero-order valence-corrected chi connectivity index (χ0v) is 19.5. The number of aromatic nitrogens is 1. The molecule has 8 heteroatoms. The first-order chi connectivity index (χ1) is 16.0. The van der Waals surface area contributed by atoms with Gasteiger partial charge in [-0.25, -0.2) is 4.98 Å². The van der Waals surface area contributed by atoms with E-state index in [0.29, 0.717) is 42.4 Å². The number of hydrogen-bond acceptors (Lipinski definition) is 7. The average molecular weight is 464 g/mol. The molecule has 1 saturated heterocycles. The molecule has 4 aromatic rings. The summed E-state index contributed by atoms with van der Waals surface area (Å²) >= 11 is 1.48. The molecule has 0 bridgehead atoms. The van der Waals surface area contributed by atoms with Crippen LogP contribution in [0.1, 0.15) is 21.7 Å². The maximum atomic E-state index is 13.7. The molecule has 0 spiro atoms. The van der Waals surface area contributed by atoms with Gasteiger partial charge in [0.15, 0.2) is 16.3 Å². The molecule has 7 nitrogen and oxygen atoms in total. The number of ether oxygens (including phenoxy) is 1. The number of thiazole rings is 1. The fraction of sp³-hybridized carbons (Fsp3) is 0.320. The van der Waals surface area contributed by atoms with Gasteiger partial charge in [-0.2, -0.15) is 0 Å². The molecule has 3 heterocycles. The maximum Gasteiger partial charge on any atom is 0.295 e. The van der Waals surface area contributed by atoms with Gasteiger partial charge < -0.3 is 9.15 Å². The van der Waals surface area contributed by atoms with E-state index in [-0.39, 0.29) is 17.1 Å². The summed E-state index contributed by atoms with van der Waals surface area (Å²) in [4.78, 5) is 35.0. The fourth-order valence-electron chi connectivity index (χ4n) is 4.02. The number of carbonyl (C=O) groups is 1. The summed E-state index contributed by atoms with van der Waals surface area (Å²) in [5, 5.41) is 1.06. The van der Waals surface area contributed by atoms with E-state index < -0.39 is 0 Å². The number of amides is 1. The van der Waals surface area contributed by atoms with Crippen LogP contribution in [0.25, 0.3) is 21.2 Å². The Morgan fingerprint density at radius 2 is 1.94 bits per heavy atom. The van der Waals surface area contributed by atoms with Crippen molar-refractivity contribution in [2.75, 3.05) is 44.3 Å². The Bertz CT molecular complexity index is 1390. The zero-order valence-electron chi connectivity index (χ0n) is 18.7. The molecule has 0 atom stereocenters. The second-order valence-electron chi connectivity index (χ2n) is 8.23. The zero-order chi connectivity index (χ0) is 22.9. The fourth-order valence-corrected chi connectivity index (χ4v) is 5.07. The summed E-state index contributed by atoms with van der Waals surface area (Å²) in [7, 11) is 0. The molecule has 0 radical (unpaired) electrons. The van der Waals surface area contributed by atoms with Crippen molar-refractivity contribution in [2.24, 2.45) is 0 Å². The van der Waals surface area contributed by atoms with Crippen LogP contribution >= 0.6 is 11.3 Å². The SMILES string of the molecule is Cc1ccc2sc(N(CCN3CCOCC3)C(=O)c3cc(=O)c4ccccc4o3)nc2c1C. The number of benzene rings is 2. The molecular formula is C25H25N3O4S. The van der Waals surface area contributed by atoms with Gasteiger partial charge in [0.05, 0.1) is 28.8 Å². The third-order valence-electron chi connectivity index (χ3n) is 6.14.